The number of hydrogen-bond donors (Lipinski definition) is 1. The first-order valence-electron chi connectivity index (χ1n) is 7.89. The first-order chi connectivity index (χ1) is 10.5. The van der Waals surface area contributed by atoms with E-state index < -0.39 is 10.0 Å². The van der Waals surface area contributed by atoms with Gasteiger partial charge in [0.25, 0.3) is 0 Å². The highest BCUT2D eigenvalue weighted by Crippen LogP contribution is 2.30. The van der Waals surface area contributed by atoms with Crippen LogP contribution < -0.4 is 9.46 Å². The number of likely N-dealkylation sites (tertiary alicyclic amines) is 1. The van der Waals surface area contributed by atoms with Crippen molar-refractivity contribution in [2.24, 2.45) is 5.92 Å². The topological polar surface area (TPSA) is 58.6 Å². The van der Waals surface area contributed by atoms with Crippen LogP contribution in [-0.2, 0) is 15.8 Å². The van der Waals surface area contributed by atoms with E-state index in [4.69, 9.17) is 4.74 Å². The summed E-state index contributed by atoms with van der Waals surface area (Å²) in [7, 11) is -1.73. The molecule has 1 saturated heterocycles. The molecule has 22 heavy (non-hydrogen) atoms. The van der Waals surface area contributed by atoms with Gasteiger partial charge in [0.15, 0.2) is 0 Å². The van der Waals surface area contributed by atoms with Crippen LogP contribution in [0.1, 0.15) is 24.8 Å². The van der Waals surface area contributed by atoms with E-state index in [1.165, 1.54) is 12.8 Å². The molecule has 2 fully saturated rings. The molecule has 1 aliphatic heterocycles. The van der Waals surface area contributed by atoms with Crippen LogP contribution in [0.4, 0.5) is 0 Å². The van der Waals surface area contributed by atoms with Gasteiger partial charge < -0.3 is 9.64 Å². The molecular formula is C16H24N2O3S. The van der Waals surface area contributed by atoms with Crippen molar-refractivity contribution in [2.75, 3.05) is 26.7 Å². The van der Waals surface area contributed by atoms with E-state index in [-0.39, 0.29) is 11.8 Å². The number of sulfonamides is 1. The molecule has 1 aromatic rings. The summed E-state index contributed by atoms with van der Waals surface area (Å²) in [6, 6.07) is 7.27. The quantitative estimate of drug-likeness (QED) is 0.828. The lowest BCUT2D eigenvalue weighted by Gasteiger charge is -2.16. The maximum Gasteiger partial charge on any atom is 0.216 e. The van der Waals surface area contributed by atoms with Crippen LogP contribution in [0.2, 0.25) is 0 Å². The van der Waals surface area contributed by atoms with Crippen molar-refractivity contribution < 1.29 is 13.2 Å². The molecular weight excluding hydrogens is 300 g/mol. The second-order valence-electron chi connectivity index (χ2n) is 6.42. The zero-order valence-corrected chi connectivity index (χ0v) is 13.8. The highest BCUT2D eigenvalue weighted by Gasteiger charge is 2.30. The Bertz CT molecular complexity index is 614. The zero-order chi connectivity index (χ0) is 15.6. The third-order valence-corrected chi connectivity index (χ3v) is 5.73. The van der Waals surface area contributed by atoms with Crippen molar-refractivity contribution in [1.82, 2.24) is 9.62 Å². The van der Waals surface area contributed by atoms with E-state index in [2.05, 4.69) is 9.62 Å². The van der Waals surface area contributed by atoms with E-state index in [1.807, 2.05) is 18.2 Å². The molecule has 0 unspecified atom stereocenters. The van der Waals surface area contributed by atoms with Gasteiger partial charge in [0.1, 0.15) is 5.75 Å². The Labute approximate surface area is 132 Å². The maximum atomic E-state index is 12.3. The maximum absolute atomic E-state index is 12.3. The number of ether oxygens (including phenoxy) is 1. The van der Waals surface area contributed by atoms with E-state index in [0.29, 0.717) is 5.75 Å². The number of nitrogens with zero attached hydrogens (tertiary/aromatic N) is 1. The third-order valence-electron chi connectivity index (χ3n) is 4.32. The minimum atomic E-state index is -3.31. The molecule has 0 radical (unpaired) electrons. The van der Waals surface area contributed by atoms with Crippen molar-refractivity contribution in [3.05, 3.63) is 29.8 Å². The Morgan fingerprint density at radius 1 is 1.32 bits per heavy atom. The Balaban J connectivity index is 1.54. The summed E-state index contributed by atoms with van der Waals surface area (Å²) in [5.41, 5.74) is 0.750. The molecule has 5 nitrogen and oxygen atoms in total. The summed E-state index contributed by atoms with van der Waals surface area (Å²) in [5, 5.41) is 0. The van der Waals surface area contributed by atoms with E-state index in [9.17, 15) is 8.42 Å². The fourth-order valence-electron chi connectivity index (χ4n) is 3.04. The van der Waals surface area contributed by atoms with Crippen molar-refractivity contribution in [3.63, 3.8) is 0 Å². The second-order valence-corrected chi connectivity index (χ2v) is 8.17. The molecule has 1 saturated carbocycles. The Morgan fingerprint density at radius 2 is 2.14 bits per heavy atom. The summed E-state index contributed by atoms with van der Waals surface area (Å²) in [6.45, 7) is 2.98. The lowest BCUT2D eigenvalue weighted by Crippen LogP contribution is -2.38. The monoisotopic (exact) mass is 324 g/mol. The second kappa shape index (κ2) is 6.56. The van der Waals surface area contributed by atoms with Crippen molar-refractivity contribution in [1.29, 1.82) is 0 Å². The van der Waals surface area contributed by atoms with Gasteiger partial charge in [-0.1, -0.05) is 12.1 Å². The predicted octanol–water partition coefficient (Wildman–Crippen LogP) is 1.60. The summed E-state index contributed by atoms with van der Waals surface area (Å²) < 4.78 is 32.6. The highest BCUT2D eigenvalue weighted by molar-refractivity contribution is 7.88. The molecule has 1 N–H and O–H groups in total. The smallest absolute Gasteiger partial charge is 0.216 e. The summed E-state index contributed by atoms with van der Waals surface area (Å²) in [4.78, 5) is 2.39. The Morgan fingerprint density at radius 3 is 2.86 bits per heavy atom. The van der Waals surface area contributed by atoms with Gasteiger partial charge in [0.05, 0.1) is 12.9 Å². The molecule has 1 aromatic carbocycles. The molecule has 122 valence electrons. The van der Waals surface area contributed by atoms with E-state index in [0.717, 1.165) is 37.5 Å². The molecule has 6 heteroatoms. The Kier molecular flexibility index (Phi) is 4.70. The minimum Gasteiger partial charge on any atom is -0.497 e. The number of methoxy groups -OCH3 is 1. The lowest BCUT2D eigenvalue weighted by molar-refractivity contribution is 0.318. The van der Waals surface area contributed by atoms with Crippen LogP contribution >= 0.6 is 0 Å². The predicted molar refractivity (Wildman–Crippen MR) is 86.3 cm³/mol. The van der Waals surface area contributed by atoms with E-state index in [1.54, 1.807) is 13.2 Å². The average Bonchev–Trinajstić information content (AvgIpc) is 3.18. The van der Waals surface area contributed by atoms with Gasteiger partial charge in [-0.05, 0) is 49.4 Å². The largest absolute Gasteiger partial charge is 0.497 e. The molecule has 1 aliphatic carbocycles. The molecule has 0 amide bonds. The van der Waals surface area contributed by atoms with Crippen LogP contribution in [0.5, 0.6) is 5.75 Å². The van der Waals surface area contributed by atoms with Gasteiger partial charge in [-0.2, -0.15) is 0 Å². The molecule has 0 aromatic heterocycles. The molecule has 2 aliphatic rings. The normalized spacial score (nSPS) is 22.9. The standard InChI is InChI=1S/C16H24N2O3S/c1-21-16-4-2-3-14(9-16)12-22(19,20)17-15-7-8-18(11-15)10-13-5-6-13/h2-4,9,13,15,17H,5-8,10-12H2,1H3/t15-/m1/s1. The summed E-state index contributed by atoms with van der Waals surface area (Å²) in [6.07, 6.45) is 3.58. The molecule has 1 heterocycles. The number of benzene rings is 1. The fraction of sp³-hybridized carbons (Fsp3) is 0.625. The van der Waals surface area contributed by atoms with Gasteiger partial charge in [0, 0.05) is 19.1 Å². The van der Waals surface area contributed by atoms with Gasteiger partial charge >= 0.3 is 0 Å². The van der Waals surface area contributed by atoms with Gasteiger partial charge in [-0.15, -0.1) is 0 Å². The van der Waals surface area contributed by atoms with Crippen LogP contribution in [0, 0.1) is 5.92 Å². The van der Waals surface area contributed by atoms with Crippen LogP contribution in [-0.4, -0.2) is 46.1 Å². The van der Waals surface area contributed by atoms with Gasteiger partial charge in [-0.3, -0.25) is 0 Å². The number of nitrogens with one attached hydrogen (secondary N) is 1. The van der Waals surface area contributed by atoms with Crippen molar-refractivity contribution in [3.8, 4) is 5.75 Å². The minimum absolute atomic E-state index is 0.00330. The lowest BCUT2D eigenvalue weighted by atomic mass is 10.2. The summed E-state index contributed by atoms with van der Waals surface area (Å²) in [5.74, 6) is 1.54. The molecule has 0 spiro atoms. The first kappa shape index (κ1) is 15.8. The fourth-order valence-corrected chi connectivity index (χ4v) is 4.44. The number of hydrogen-bond acceptors (Lipinski definition) is 4. The molecule has 1 atom stereocenters. The highest BCUT2D eigenvalue weighted by atomic mass is 32.2. The van der Waals surface area contributed by atoms with Gasteiger partial charge in [-0.25, -0.2) is 13.1 Å². The molecule has 0 bridgehead atoms. The zero-order valence-electron chi connectivity index (χ0n) is 13.0. The van der Waals surface area contributed by atoms with Gasteiger partial charge in [0.2, 0.25) is 10.0 Å². The van der Waals surface area contributed by atoms with Crippen LogP contribution in [0.15, 0.2) is 24.3 Å². The Hall–Kier alpha value is -1.11. The molecule has 3 rings (SSSR count). The SMILES string of the molecule is COc1cccc(CS(=O)(=O)N[C@@H]2CCN(CC3CC3)C2)c1. The third kappa shape index (κ3) is 4.44. The van der Waals surface area contributed by atoms with Crippen LogP contribution in [0.25, 0.3) is 0 Å². The van der Waals surface area contributed by atoms with E-state index >= 15 is 0 Å². The first-order valence-corrected chi connectivity index (χ1v) is 9.54. The van der Waals surface area contributed by atoms with Crippen molar-refractivity contribution >= 4 is 10.0 Å². The van der Waals surface area contributed by atoms with Crippen LogP contribution in [0.3, 0.4) is 0 Å². The number of rotatable bonds is 7. The van der Waals surface area contributed by atoms with Crippen molar-refractivity contribution in [2.45, 2.75) is 31.1 Å². The summed E-state index contributed by atoms with van der Waals surface area (Å²) >= 11 is 0. The average molecular weight is 324 g/mol.